The lowest BCUT2D eigenvalue weighted by Crippen LogP contribution is -2.30. The Morgan fingerprint density at radius 1 is 1.00 bits per heavy atom. The second kappa shape index (κ2) is 10.4. The zero-order chi connectivity index (χ0) is 24.0. The maximum Gasteiger partial charge on any atom is 0.339 e. The molecule has 0 saturated heterocycles. The van der Waals surface area contributed by atoms with Gasteiger partial charge in [-0.2, -0.15) is 0 Å². The standard InChI is InChI=1S/C29H26N2O4/c32-26(30-16-6-10-20-8-2-1-3-9-20)19-35-29(33)27-23-12-4-5-13-25(23)31-28-21(14-15-24(27)28)18-22-11-7-17-34-22/h1-5,7-9,11-13,17-18H,6,10,14-16,19H2,(H,30,32)/b21-18-. The number of para-hydroxylation sites is 1. The molecule has 0 bridgehead atoms. The van der Waals surface area contributed by atoms with Crippen LogP contribution in [0.2, 0.25) is 0 Å². The van der Waals surface area contributed by atoms with Crippen LogP contribution in [0.3, 0.4) is 0 Å². The molecule has 0 saturated carbocycles. The molecule has 0 fully saturated rings. The third kappa shape index (κ3) is 5.17. The molecule has 6 nitrogen and oxygen atoms in total. The number of aromatic nitrogens is 1. The second-order valence-electron chi connectivity index (χ2n) is 8.53. The number of fused-ring (bicyclic) bond motifs is 2. The highest BCUT2D eigenvalue weighted by molar-refractivity contribution is 6.07. The molecule has 1 aliphatic rings. The van der Waals surface area contributed by atoms with Crippen LogP contribution in [0.1, 0.15) is 45.8 Å². The summed E-state index contributed by atoms with van der Waals surface area (Å²) in [5, 5.41) is 3.57. The largest absolute Gasteiger partial charge is 0.465 e. The van der Waals surface area contributed by atoms with Crippen LogP contribution in [0, 0.1) is 0 Å². The molecule has 2 aromatic heterocycles. The van der Waals surface area contributed by atoms with Gasteiger partial charge in [0.15, 0.2) is 6.61 Å². The number of esters is 1. The average molecular weight is 467 g/mol. The minimum Gasteiger partial charge on any atom is -0.465 e. The van der Waals surface area contributed by atoms with Crippen LogP contribution in [0.5, 0.6) is 0 Å². The molecule has 5 rings (SSSR count). The summed E-state index contributed by atoms with van der Waals surface area (Å²) in [7, 11) is 0. The number of aryl methyl sites for hydroxylation is 1. The number of carbonyl (C=O) groups excluding carboxylic acids is 2. The van der Waals surface area contributed by atoms with E-state index in [2.05, 4.69) is 17.4 Å². The van der Waals surface area contributed by atoms with Crippen molar-refractivity contribution in [3.05, 3.63) is 101 Å². The fraction of sp³-hybridized carbons (Fsp3) is 0.207. The number of hydrogen-bond acceptors (Lipinski definition) is 5. The number of carbonyl (C=O) groups is 2. The quantitative estimate of drug-likeness (QED) is 0.284. The fourth-order valence-electron chi connectivity index (χ4n) is 4.48. The molecular formula is C29H26N2O4. The number of nitrogens with zero attached hydrogens (tertiary/aromatic N) is 1. The summed E-state index contributed by atoms with van der Waals surface area (Å²) in [5.41, 5.74) is 5.10. The molecule has 1 aliphatic carbocycles. The van der Waals surface area contributed by atoms with Crippen LogP contribution in [-0.2, 0) is 22.4 Å². The van der Waals surface area contributed by atoms with Gasteiger partial charge >= 0.3 is 5.97 Å². The van der Waals surface area contributed by atoms with Gasteiger partial charge in [-0.05, 0) is 66.7 Å². The lowest BCUT2D eigenvalue weighted by Gasteiger charge is -2.12. The van der Waals surface area contributed by atoms with E-state index in [-0.39, 0.29) is 12.5 Å². The maximum absolute atomic E-state index is 13.2. The van der Waals surface area contributed by atoms with E-state index in [0.717, 1.165) is 52.8 Å². The van der Waals surface area contributed by atoms with Crippen LogP contribution in [0.4, 0.5) is 0 Å². The number of nitrogens with one attached hydrogen (secondary N) is 1. The first-order valence-electron chi connectivity index (χ1n) is 11.8. The lowest BCUT2D eigenvalue weighted by atomic mass is 10.0. The van der Waals surface area contributed by atoms with E-state index in [1.165, 1.54) is 5.56 Å². The van der Waals surface area contributed by atoms with Gasteiger partial charge in [0, 0.05) is 11.9 Å². The number of hydrogen-bond donors (Lipinski definition) is 1. The highest BCUT2D eigenvalue weighted by Gasteiger charge is 2.28. The second-order valence-corrected chi connectivity index (χ2v) is 8.53. The molecule has 2 aromatic carbocycles. The van der Waals surface area contributed by atoms with Crippen molar-refractivity contribution in [1.29, 1.82) is 0 Å². The molecule has 1 amide bonds. The molecule has 0 unspecified atom stereocenters. The van der Waals surface area contributed by atoms with Gasteiger partial charge in [-0.25, -0.2) is 9.78 Å². The Hall–Kier alpha value is -4.19. The van der Waals surface area contributed by atoms with Crippen molar-refractivity contribution in [3.63, 3.8) is 0 Å². The number of pyridine rings is 1. The topological polar surface area (TPSA) is 81.4 Å². The summed E-state index contributed by atoms with van der Waals surface area (Å²) in [6, 6.07) is 21.4. The molecule has 0 aliphatic heterocycles. The molecule has 4 aromatic rings. The molecule has 6 heteroatoms. The highest BCUT2D eigenvalue weighted by Crippen LogP contribution is 2.37. The fourth-order valence-corrected chi connectivity index (χ4v) is 4.48. The van der Waals surface area contributed by atoms with Gasteiger partial charge < -0.3 is 14.5 Å². The summed E-state index contributed by atoms with van der Waals surface area (Å²) in [6.07, 6.45) is 6.72. The lowest BCUT2D eigenvalue weighted by molar-refractivity contribution is -0.124. The number of ether oxygens (including phenoxy) is 1. The first-order chi connectivity index (χ1) is 17.2. The Morgan fingerprint density at radius 3 is 2.66 bits per heavy atom. The Morgan fingerprint density at radius 2 is 1.83 bits per heavy atom. The van der Waals surface area contributed by atoms with Crippen LogP contribution in [0.25, 0.3) is 22.6 Å². The smallest absolute Gasteiger partial charge is 0.339 e. The van der Waals surface area contributed by atoms with Crippen LogP contribution >= 0.6 is 0 Å². The van der Waals surface area contributed by atoms with Gasteiger partial charge in [0.05, 0.1) is 23.0 Å². The third-order valence-electron chi connectivity index (χ3n) is 6.15. The molecule has 35 heavy (non-hydrogen) atoms. The van der Waals surface area contributed by atoms with Crippen molar-refractivity contribution in [2.24, 2.45) is 0 Å². The summed E-state index contributed by atoms with van der Waals surface area (Å²) >= 11 is 0. The van der Waals surface area contributed by atoms with Gasteiger partial charge in [-0.15, -0.1) is 0 Å². The van der Waals surface area contributed by atoms with Crippen LogP contribution < -0.4 is 5.32 Å². The van der Waals surface area contributed by atoms with Gasteiger partial charge in [-0.1, -0.05) is 48.5 Å². The van der Waals surface area contributed by atoms with Gasteiger partial charge in [0.25, 0.3) is 5.91 Å². The van der Waals surface area contributed by atoms with Crippen LogP contribution in [0.15, 0.2) is 77.4 Å². The average Bonchev–Trinajstić information content (AvgIpc) is 3.55. The van der Waals surface area contributed by atoms with Gasteiger partial charge in [-0.3, -0.25) is 4.79 Å². The van der Waals surface area contributed by atoms with E-state index < -0.39 is 5.97 Å². The number of benzene rings is 2. The van der Waals surface area contributed by atoms with Crippen molar-refractivity contribution in [3.8, 4) is 0 Å². The van der Waals surface area contributed by atoms with E-state index in [1.807, 2.05) is 60.7 Å². The van der Waals surface area contributed by atoms with E-state index in [4.69, 9.17) is 14.1 Å². The van der Waals surface area contributed by atoms with E-state index in [9.17, 15) is 9.59 Å². The van der Waals surface area contributed by atoms with Crippen molar-refractivity contribution in [2.45, 2.75) is 25.7 Å². The minimum absolute atomic E-state index is 0.306. The number of amides is 1. The number of allylic oxidation sites excluding steroid dienone is 1. The molecule has 1 N–H and O–H groups in total. The Balaban J connectivity index is 1.28. The highest BCUT2D eigenvalue weighted by atomic mass is 16.5. The van der Waals surface area contributed by atoms with E-state index in [1.54, 1.807) is 6.26 Å². The molecule has 2 heterocycles. The Kier molecular flexibility index (Phi) is 6.70. The van der Waals surface area contributed by atoms with Gasteiger partial charge in [0.2, 0.25) is 0 Å². The third-order valence-corrected chi connectivity index (χ3v) is 6.15. The van der Waals surface area contributed by atoms with Crippen molar-refractivity contribution in [2.75, 3.05) is 13.2 Å². The monoisotopic (exact) mass is 466 g/mol. The normalized spacial score (nSPS) is 13.7. The van der Waals surface area contributed by atoms with E-state index >= 15 is 0 Å². The Labute approximate surface area is 203 Å². The summed E-state index contributed by atoms with van der Waals surface area (Å²) in [6.45, 7) is 0.213. The van der Waals surface area contributed by atoms with Crippen molar-refractivity contribution in [1.82, 2.24) is 10.3 Å². The van der Waals surface area contributed by atoms with Crippen LogP contribution in [-0.4, -0.2) is 30.0 Å². The summed E-state index contributed by atoms with van der Waals surface area (Å²) < 4.78 is 10.9. The molecule has 0 radical (unpaired) electrons. The predicted molar refractivity (Wildman–Crippen MR) is 135 cm³/mol. The molecular weight excluding hydrogens is 440 g/mol. The minimum atomic E-state index is -0.501. The zero-order valence-corrected chi connectivity index (χ0v) is 19.3. The number of furan rings is 1. The summed E-state index contributed by atoms with van der Waals surface area (Å²) in [5.74, 6) is -0.0609. The molecule has 0 atom stereocenters. The molecule has 0 spiro atoms. The summed E-state index contributed by atoms with van der Waals surface area (Å²) in [4.78, 5) is 30.3. The van der Waals surface area contributed by atoms with Crippen molar-refractivity contribution >= 4 is 34.4 Å². The Bertz CT molecular complexity index is 1370. The number of rotatable bonds is 8. The SMILES string of the molecule is O=C(COC(=O)c1c2c(nc3ccccc13)/C(=C\c1ccco1)CC2)NCCCc1ccccc1. The van der Waals surface area contributed by atoms with Crippen molar-refractivity contribution < 1.29 is 18.7 Å². The first kappa shape index (κ1) is 22.6. The van der Waals surface area contributed by atoms with E-state index in [0.29, 0.717) is 18.5 Å². The first-order valence-corrected chi connectivity index (χ1v) is 11.8. The zero-order valence-electron chi connectivity index (χ0n) is 19.3. The predicted octanol–water partition coefficient (Wildman–Crippen LogP) is 5.22. The molecule has 176 valence electrons. The maximum atomic E-state index is 13.2. The van der Waals surface area contributed by atoms with Gasteiger partial charge in [0.1, 0.15) is 5.76 Å².